The number of ketones is 1. The minimum absolute atomic E-state index is 0.00825. The van der Waals surface area contributed by atoms with Gasteiger partial charge >= 0.3 is 0 Å². The SMILES string of the molecule is NCC(=O)c1cccc(C2CCOCC2)c1. The third kappa shape index (κ3) is 2.49. The monoisotopic (exact) mass is 219 g/mol. The first-order valence-corrected chi connectivity index (χ1v) is 5.72. The molecule has 0 aromatic heterocycles. The van der Waals surface area contributed by atoms with E-state index in [4.69, 9.17) is 10.5 Å². The molecule has 1 saturated heterocycles. The van der Waals surface area contributed by atoms with Gasteiger partial charge in [-0.3, -0.25) is 4.79 Å². The first-order chi connectivity index (χ1) is 7.81. The number of carbonyl (C=O) groups excluding carboxylic acids is 1. The largest absolute Gasteiger partial charge is 0.381 e. The van der Waals surface area contributed by atoms with Crippen LogP contribution in [-0.4, -0.2) is 25.5 Å². The van der Waals surface area contributed by atoms with Crippen molar-refractivity contribution < 1.29 is 9.53 Å². The topological polar surface area (TPSA) is 52.3 Å². The van der Waals surface area contributed by atoms with E-state index in [1.54, 1.807) is 0 Å². The second-order valence-corrected chi connectivity index (χ2v) is 4.14. The Morgan fingerprint density at radius 2 is 2.12 bits per heavy atom. The van der Waals surface area contributed by atoms with Crippen LogP contribution < -0.4 is 5.73 Å². The summed E-state index contributed by atoms with van der Waals surface area (Å²) in [6, 6.07) is 7.83. The van der Waals surface area contributed by atoms with Crippen LogP contribution in [-0.2, 0) is 4.74 Å². The van der Waals surface area contributed by atoms with E-state index in [-0.39, 0.29) is 12.3 Å². The maximum absolute atomic E-state index is 11.5. The Bertz CT molecular complexity index is 370. The average Bonchev–Trinajstić information content (AvgIpc) is 2.39. The van der Waals surface area contributed by atoms with Gasteiger partial charge in [-0.25, -0.2) is 0 Å². The third-order valence-electron chi connectivity index (χ3n) is 3.09. The summed E-state index contributed by atoms with van der Waals surface area (Å²) in [5.41, 5.74) is 7.33. The number of nitrogens with two attached hydrogens (primary N) is 1. The van der Waals surface area contributed by atoms with Crippen LogP contribution >= 0.6 is 0 Å². The lowest BCUT2D eigenvalue weighted by atomic mass is 9.90. The van der Waals surface area contributed by atoms with Crippen molar-refractivity contribution in [3.63, 3.8) is 0 Å². The fourth-order valence-electron chi connectivity index (χ4n) is 2.11. The minimum Gasteiger partial charge on any atom is -0.381 e. The molecule has 1 aliphatic rings. The zero-order chi connectivity index (χ0) is 11.4. The second kappa shape index (κ2) is 5.23. The average molecular weight is 219 g/mol. The number of benzene rings is 1. The van der Waals surface area contributed by atoms with E-state index in [2.05, 4.69) is 6.07 Å². The summed E-state index contributed by atoms with van der Waals surface area (Å²) in [5.74, 6) is 0.535. The minimum atomic E-state index is 0.00825. The number of ether oxygens (including phenoxy) is 1. The van der Waals surface area contributed by atoms with Crippen LogP contribution in [0, 0.1) is 0 Å². The van der Waals surface area contributed by atoms with Crippen molar-refractivity contribution in [2.24, 2.45) is 5.73 Å². The molecule has 1 aromatic carbocycles. The highest BCUT2D eigenvalue weighted by Crippen LogP contribution is 2.27. The molecule has 1 aliphatic heterocycles. The van der Waals surface area contributed by atoms with Crippen molar-refractivity contribution in [2.45, 2.75) is 18.8 Å². The normalized spacial score (nSPS) is 17.3. The standard InChI is InChI=1S/C13H17NO2/c14-9-13(15)12-3-1-2-11(8-12)10-4-6-16-7-5-10/h1-3,8,10H,4-7,9,14H2. The predicted molar refractivity (Wildman–Crippen MR) is 62.6 cm³/mol. The van der Waals surface area contributed by atoms with Gasteiger partial charge in [-0.1, -0.05) is 18.2 Å². The molecule has 0 atom stereocenters. The third-order valence-corrected chi connectivity index (χ3v) is 3.09. The van der Waals surface area contributed by atoms with Gasteiger partial charge < -0.3 is 10.5 Å². The summed E-state index contributed by atoms with van der Waals surface area (Å²) in [7, 11) is 0. The summed E-state index contributed by atoms with van der Waals surface area (Å²) >= 11 is 0. The van der Waals surface area contributed by atoms with Crippen molar-refractivity contribution in [3.8, 4) is 0 Å². The van der Waals surface area contributed by atoms with Gasteiger partial charge in [-0.2, -0.15) is 0 Å². The molecule has 1 aromatic rings. The van der Waals surface area contributed by atoms with E-state index in [0.29, 0.717) is 5.92 Å². The van der Waals surface area contributed by atoms with Crippen LogP contribution in [0.3, 0.4) is 0 Å². The van der Waals surface area contributed by atoms with E-state index < -0.39 is 0 Å². The van der Waals surface area contributed by atoms with Gasteiger partial charge in [0.05, 0.1) is 6.54 Å². The maximum Gasteiger partial charge on any atom is 0.176 e. The lowest BCUT2D eigenvalue weighted by Crippen LogP contribution is -2.16. The molecule has 2 N–H and O–H groups in total. The van der Waals surface area contributed by atoms with E-state index in [9.17, 15) is 4.79 Å². The van der Waals surface area contributed by atoms with E-state index in [0.717, 1.165) is 31.6 Å². The molecular weight excluding hydrogens is 202 g/mol. The number of Topliss-reactive ketones (excluding diaryl/α,β-unsaturated/α-hetero) is 1. The molecule has 0 unspecified atom stereocenters. The summed E-state index contributed by atoms with van der Waals surface area (Å²) < 4.78 is 5.33. The highest BCUT2D eigenvalue weighted by Gasteiger charge is 2.16. The Morgan fingerprint density at radius 3 is 2.81 bits per heavy atom. The Labute approximate surface area is 95.6 Å². The lowest BCUT2D eigenvalue weighted by molar-refractivity contribution is 0.0853. The highest BCUT2D eigenvalue weighted by molar-refractivity contribution is 5.97. The van der Waals surface area contributed by atoms with Crippen molar-refractivity contribution in [1.29, 1.82) is 0 Å². The number of carbonyl (C=O) groups is 1. The highest BCUT2D eigenvalue weighted by atomic mass is 16.5. The summed E-state index contributed by atoms with van der Waals surface area (Å²) in [6.45, 7) is 1.72. The molecule has 3 heteroatoms. The van der Waals surface area contributed by atoms with Crippen LogP contribution in [0.4, 0.5) is 0 Å². The Kier molecular flexibility index (Phi) is 3.70. The number of hydrogen-bond acceptors (Lipinski definition) is 3. The van der Waals surface area contributed by atoms with Gasteiger partial charge in [0.15, 0.2) is 5.78 Å². The smallest absolute Gasteiger partial charge is 0.176 e. The zero-order valence-electron chi connectivity index (χ0n) is 9.32. The van der Waals surface area contributed by atoms with E-state index in [1.807, 2.05) is 18.2 Å². The molecular formula is C13H17NO2. The Morgan fingerprint density at radius 1 is 1.38 bits per heavy atom. The van der Waals surface area contributed by atoms with Crippen LogP contribution in [0.5, 0.6) is 0 Å². The van der Waals surface area contributed by atoms with E-state index >= 15 is 0 Å². The van der Waals surface area contributed by atoms with Crippen LogP contribution in [0.2, 0.25) is 0 Å². The molecule has 3 nitrogen and oxygen atoms in total. The van der Waals surface area contributed by atoms with Crippen molar-refractivity contribution in [1.82, 2.24) is 0 Å². The predicted octanol–water partition coefficient (Wildman–Crippen LogP) is 1.72. The molecule has 0 amide bonds. The van der Waals surface area contributed by atoms with Crippen LogP contribution in [0.15, 0.2) is 24.3 Å². The number of hydrogen-bond donors (Lipinski definition) is 1. The van der Waals surface area contributed by atoms with Crippen LogP contribution in [0.1, 0.15) is 34.7 Å². The summed E-state index contributed by atoms with van der Waals surface area (Å²) in [6.07, 6.45) is 2.08. The lowest BCUT2D eigenvalue weighted by Gasteiger charge is -2.22. The van der Waals surface area contributed by atoms with Gasteiger partial charge in [-0.15, -0.1) is 0 Å². The molecule has 0 radical (unpaired) electrons. The quantitative estimate of drug-likeness (QED) is 0.787. The molecule has 1 heterocycles. The van der Waals surface area contributed by atoms with Crippen molar-refractivity contribution in [3.05, 3.63) is 35.4 Å². The molecule has 0 saturated carbocycles. The molecule has 0 spiro atoms. The molecule has 86 valence electrons. The summed E-state index contributed by atoms with van der Waals surface area (Å²) in [4.78, 5) is 11.5. The molecule has 0 bridgehead atoms. The van der Waals surface area contributed by atoms with E-state index in [1.165, 1.54) is 5.56 Å². The first kappa shape index (κ1) is 11.3. The van der Waals surface area contributed by atoms with Crippen molar-refractivity contribution >= 4 is 5.78 Å². The number of rotatable bonds is 3. The Hall–Kier alpha value is -1.19. The summed E-state index contributed by atoms with van der Waals surface area (Å²) in [5, 5.41) is 0. The first-order valence-electron chi connectivity index (χ1n) is 5.72. The van der Waals surface area contributed by atoms with Gasteiger partial charge in [0, 0.05) is 18.8 Å². The molecule has 1 fully saturated rings. The fraction of sp³-hybridized carbons (Fsp3) is 0.462. The van der Waals surface area contributed by atoms with Gasteiger partial charge in [0.2, 0.25) is 0 Å². The molecule has 16 heavy (non-hydrogen) atoms. The zero-order valence-corrected chi connectivity index (χ0v) is 9.32. The molecule has 2 rings (SSSR count). The fourth-order valence-corrected chi connectivity index (χ4v) is 2.11. The van der Waals surface area contributed by atoms with Gasteiger partial charge in [-0.05, 0) is 30.4 Å². The van der Waals surface area contributed by atoms with Gasteiger partial charge in [0.25, 0.3) is 0 Å². The van der Waals surface area contributed by atoms with Crippen LogP contribution in [0.25, 0.3) is 0 Å². The van der Waals surface area contributed by atoms with Gasteiger partial charge in [0.1, 0.15) is 0 Å². The Balaban J connectivity index is 2.17. The van der Waals surface area contributed by atoms with Crippen molar-refractivity contribution in [2.75, 3.05) is 19.8 Å². The molecule has 0 aliphatic carbocycles. The maximum atomic E-state index is 11.5. The second-order valence-electron chi connectivity index (χ2n) is 4.14.